The number of fused-ring (bicyclic) bond motifs is 1. The number of nitrogens with zero attached hydrogens (tertiary/aromatic N) is 1. The van der Waals surface area contributed by atoms with Gasteiger partial charge in [-0.3, -0.25) is 0 Å². The zero-order valence-corrected chi connectivity index (χ0v) is 13.9. The predicted molar refractivity (Wildman–Crippen MR) is 91.6 cm³/mol. The number of nitrogens with one attached hydrogen (secondary N) is 1. The molecule has 0 aliphatic heterocycles. The Hall–Kier alpha value is -2.00. The maximum Gasteiger partial charge on any atom is 0.142 e. The van der Waals surface area contributed by atoms with Gasteiger partial charge < -0.3 is 10.1 Å². The number of hydrogen-bond acceptors (Lipinski definition) is 2. The van der Waals surface area contributed by atoms with E-state index in [9.17, 15) is 5.11 Å². The molecule has 0 saturated heterocycles. The molecule has 0 aliphatic rings. The molecule has 0 bridgehead atoms. The molecule has 0 spiro atoms. The van der Waals surface area contributed by atoms with Crippen molar-refractivity contribution in [2.75, 3.05) is 0 Å². The van der Waals surface area contributed by atoms with Gasteiger partial charge in [0.15, 0.2) is 0 Å². The molecule has 0 radical (unpaired) electrons. The monoisotopic (exact) mass is 314 g/mol. The van der Waals surface area contributed by atoms with Crippen LogP contribution in [0.1, 0.15) is 31.9 Å². The first-order chi connectivity index (χ1) is 10.3. The molecule has 0 unspecified atom stereocenters. The van der Waals surface area contributed by atoms with Crippen LogP contribution in [0.3, 0.4) is 0 Å². The van der Waals surface area contributed by atoms with Crippen LogP contribution in [0.15, 0.2) is 30.3 Å². The van der Waals surface area contributed by atoms with Crippen molar-refractivity contribution in [2.45, 2.75) is 33.1 Å². The summed E-state index contributed by atoms with van der Waals surface area (Å²) in [5.41, 5.74) is 4.29. The molecule has 3 rings (SSSR count). The molecule has 0 amide bonds. The second-order valence-corrected chi connectivity index (χ2v) is 7.14. The number of phenols is 1. The number of aromatic nitrogens is 2. The van der Waals surface area contributed by atoms with Gasteiger partial charge in [-0.05, 0) is 42.2 Å². The van der Waals surface area contributed by atoms with Gasteiger partial charge in [0.05, 0.1) is 16.6 Å². The smallest absolute Gasteiger partial charge is 0.142 e. The quantitative estimate of drug-likeness (QED) is 0.649. The van der Waals surface area contributed by atoms with Crippen molar-refractivity contribution in [3.63, 3.8) is 0 Å². The molecule has 0 aliphatic carbocycles. The number of H-pyrrole nitrogens is 1. The SMILES string of the molecule is Cc1cc(-c2nc3ccc(Cl)cc3[nH]2)c(O)c(C(C)(C)C)c1. The Morgan fingerprint density at radius 3 is 2.55 bits per heavy atom. The van der Waals surface area contributed by atoms with Crippen LogP contribution in [-0.2, 0) is 5.41 Å². The van der Waals surface area contributed by atoms with E-state index >= 15 is 0 Å². The summed E-state index contributed by atoms with van der Waals surface area (Å²) in [6, 6.07) is 9.49. The average molecular weight is 315 g/mol. The zero-order chi connectivity index (χ0) is 16.1. The lowest BCUT2D eigenvalue weighted by molar-refractivity contribution is 0.448. The normalized spacial score (nSPS) is 12.0. The summed E-state index contributed by atoms with van der Waals surface area (Å²) in [6.07, 6.45) is 0. The standard InChI is InChI=1S/C18H19ClN2O/c1-10-7-12(16(22)13(8-10)18(2,3)4)17-20-14-6-5-11(19)9-15(14)21-17/h5-9,22H,1-4H3,(H,20,21). The Balaban J connectivity index is 2.24. The van der Waals surface area contributed by atoms with E-state index in [-0.39, 0.29) is 11.2 Å². The predicted octanol–water partition coefficient (Wildman–Crippen LogP) is 5.19. The van der Waals surface area contributed by atoms with Gasteiger partial charge in [-0.1, -0.05) is 38.4 Å². The highest BCUT2D eigenvalue weighted by Crippen LogP contribution is 2.39. The van der Waals surface area contributed by atoms with Crippen molar-refractivity contribution in [3.8, 4) is 17.1 Å². The lowest BCUT2D eigenvalue weighted by Crippen LogP contribution is -2.12. The van der Waals surface area contributed by atoms with E-state index in [1.54, 1.807) is 0 Å². The molecule has 22 heavy (non-hydrogen) atoms. The van der Waals surface area contributed by atoms with Gasteiger partial charge in [-0.25, -0.2) is 4.98 Å². The van der Waals surface area contributed by atoms with Crippen molar-refractivity contribution >= 4 is 22.6 Å². The van der Waals surface area contributed by atoms with Crippen molar-refractivity contribution in [3.05, 3.63) is 46.5 Å². The summed E-state index contributed by atoms with van der Waals surface area (Å²) in [5.74, 6) is 0.937. The molecule has 2 aromatic carbocycles. The first-order valence-electron chi connectivity index (χ1n) is 7.25. The zero-order valence-electron chi connectivity index (χ0n) is 13.2. The third-order valence-corrected chi connectivity index (χ3v) is 4.00. The molecule has 0 saturated carbocycles. The number of halogens is 1. The second-order valence-electron chi connectivity index (χ2n) is 6.71. The fraction of sp³-hybridized carbons (Fsp3) is 0.278. The summed E-state index contributed by atoms with van der Waals surface area (Å²) in [6.45, 7) is 8.29. The van der Waals surface area contributed by atoms with Crippen LogP contribution < -0.4 is 0 Å². The highest BCUT2D eigenvalue weighted by molar-refractivity contribution is 6.31. The van der Waals surface area contributed by atoms with Crippen molar-refractivity contribution < 1.29 is 5.11 Å². The molecule has 114 valence electrons. The molecule has 3 aromatic rings. The topological polar surface area (TPSA) is 48.9 Å². The van der Waals surface area contributed by atoms with E-state index in [0.29, 0.717) is 10.8 Å². The lowest BCUT2D eigenvalue weighted by Gasteiger charge is -2.22. The van der Waals surface area contributed by atoms with Gasteiger partial charge in [0, 0.05) is 10.6 Å². The summed E-state index contributed by atoms with van der Waals surface area (Å²) in [5, 5.41) is 11.4. The Kier molecular flexibility index (Phi) is 3.41. The number of hydrogen-bond donors (Lipinski definition) is 2. The van der Waals surface area contributed by atoms with Crippen LogP contribution >= 0.6 is 11.6 Å². The molecule has 4 heteroatoms. The Morgan fingerprint density at radius 1 is 1.14 bits per heavy atom. The number of aryl methyl sites for hydroxylation is 1. The summed E-state index contributed by atoms with van der Waals surface area (Å²) in [4.78, 5) is 7.82. The molecule has 2 N–H and O–H groups in total. The first kappa shape index (κ1) is 14.9. The highest BCUT2D eigenvalue weighted by Gasteiger charge is 2.22. The number of imidazole rings is 1. The molecule has 3 nitrogen and oxygen atoms in total. The van der Waals surface area contributed by atoms with E-state index in [0.717, 1.165) is 27.7 Å². The second kappa shape index (κ2) is 5.03. The van der Waals surface area contributed by atoms with Gasteiger partial charge in [0.25, 0.3) is 0 Å². The number of aromatic hydroxyl groups is 1. The average Bonchev–Trinajstić information content (AvgIpc) is 2.82. The van der Waals surface area contributed by atoms with Crippen molar-refractivity contribution in [1.29, 1.82) is 0 Å². The van der Waals surface area contributed by atoms with Crippen LogP contribution in [-0.4, -0.2) is 15.1 Å². The van der Waals surface area contributed by atoms with Crippen LogP contribution in [0, 0.1) is 6.92 Å². The molecule has 1 heterocycles. The van der Waals surface area contributed by atoms with Crippen LogP contribution in [0.25, 0.3) is 22.4 Å². The molecular weight excluding hydrogens is 296 g/mol. The van der Waals surface area contributed by atoms with E-state index in [4.69, 9.17) is 11.6 Å². The van der Waals surface area contributed by atoms with Gasteiger partial charge in [0.2, 0.25) is 0 Å². The maximum atomic E-state index is 10.7. The largest absolute Gasteiger partial charge is 0.507 e. The minimum atomic E-state index is -0.139. The van der Waals surface area contributed by atoms with Gasteiger partial charge >= 0.3 is 0 Å². The summed E-state index contributed by atoms with van der Waals surface area (Å²) < 4.78 is 0. The molecule has 0 fully saturated rings. The van der Waals surface area contributed by atoms with Gasteiger partial charge in [0.1, 0.15) is 11.6 Å². The Morgan fingerprint density at radius 2 is 1.86 bits per heavy atom. The Labute approximate surface area is 135 Å². The first-order valence-corrected chi connectivity index (χ1v) is 7.63. The molecule has 1 aromatic heterocycles. The third kappa shape index (κ3) is 2.57. The number of benzene rings is 2. The Bertz CT molecular complexity index is 859. The van der Waals surface area contributed by atoms with Crippen LogP contribution in [0.4, 0.5) is 0 Å². The third-order valence-electron chi connectivity index (χ3n) is 3.76. The van der Waals surface area contributed by atoms with E-state index in [1.807, 2.05) is 37.3 Å². The maximum absolute atomic E-state index is 10.7. The van der Waals surface area contributed by atoms with Gasteiger partial charge in [-0.15, -0.1) is 0 Å². The molecular formula is C18H19ClN2O. The van der Waals surface area contributed by atoms with Crippen molar-refractivity contribution in [2.24, 2.45) is 0 Å². The van der Waals surface area contributed by atoms with Crippen LogP contribution in [0.5, 0.6) is 5.75 Å². The fourth-order valence-corrected chi connectivity index (χ4v) is 2.81. The lowest BCUT2D eigenvalue weighted by atomic mass is 9.84. The van der Waals surface area contributed by atoms with Crippen LogP contribution in [0.2, 0.25) is 5.02 Å². The van der Waals surface area contributed by atoms with E-state index in [1.165, 1.54) is 0 Å². The van der Waals surface area contributed by atoms with E-state index in [2.05, 4.69) is 30.7 Å². The highest BCUT2D eigenvalue weighted by atomic mass is 35.5. The molecule has 0 atom stereocenters. The van der Waals surface area contributed by atoms with E-state index < -0.39 is 0 Å². The number of aromatic amines is 1. The summed E-state index contributed by atoms with van der Waals surface area (Å²) in [7, 11) is 0. The fourth-order valence-electron chi connectivity index (χ4n) is 2.64. The number of rotatable bonds is 1. The minimum Gasteiger partial charge on any atom is -0.507 e. The number of phenolic OH excluding ortho intramolecular Hbond substituents is 1. The summed E-state index contributed by atoms with van der Waals surface area (Å²) >= 11 is 6.02. The minimum absolute atomic E-state index is 0.139. The van der Waals surface area contributed by atoms with Gasteiger partial charge in [-0.2, -0.15) is 0 Å². The van der Waals surface area contributed by atoms with Crippen molar-refractivity contribution in [1.82, 2.24) is 9.97 Å².